The van der Waals surface area contributed by atoms with Gasteiger partial charge in [0.15, 0.2) is 6.10 Å². The molecule has 0 aliphatic rings. The molecule has 0 heterocycles. The van der Waals surface area contributed by atoms with E-state index in [0.717, 1.165) is 109 Å². The van der Waals surface area contributed by atoms with Crippen molar-refractivity contribution in [2.75, 3.05) is 13.2 Å². The smallest absolute Gasteiger partial charge is 0.306 e. The molecule has 0 saturated carbocycles. The molecular formula is C61H106O6. The fourth-order valence-corrected chi connectivity index (χ4v) is 7.89. The number of carbonyl (C=O) groups is 3. The minimum absolute atomic E-state index is 0.0871. The van der Waals surface area contributed by atoms with Crippen LogP contribution in [0.5, 0.6) is 0 Å². The van der Waals surface area contributed by atoms with Gasteiger partial charge in [0.2, 0.25) is 0 Å². The van der Waals surface area contributed by atoms with Gasteiger partial charge < -0.3 is 14.2 Å². The number of ether oxygens (including phenoxy) is 3. The first-order valence-electron chi connectivity index (χ1n) is 28.4. The Hall–Kier alpha value is -3.15. The summed E-state index contributed by atoms with van der Waals surface area (Å²) in [7, 11) is 0. The molecule has 0 aliphatic carbocycles. The van der Waals surface area contributed by atoms with Crippen molar-refractivity contribution >= 4 is 17.9 Å². The molecule has 0 fully saturated rings. The van der Waals surface area contributed by atoms with Gasteiger partial charge in [-0.2, -0.15) is 0 Å². The van der Waals surface area contributed by atoms with E-state index >= 15 is 0 Å². The minimum atomic E-state index is -0.789. The van der Waals surface area contributed by atoms with Crippen LogP contribution in [0.2, 0.25) is 0 Å². The molecule has 0 saturated heterocycles. The first-order valence-corrected chi connectivity index (χ1v) is 28.4. The van der Waals surface area contributed by atoms with E-state index < -0.39 is 6.10 Å². The molecule has 6 heteroatoms. The van der Waals surface area contributed by atoms with Gasteiger partial charge in [-0.1, -0.05) is 222 Å². The van der Waals surface area contributed by atoms with Crippen LogP contribution in [0.4, 0.5) is 0 Å². The molecule has 0 amide bonds. The standard InChI is InChI=1S/C61H106O6/c1-4-7-10-13-16-19-22-25-28-30-31-32-34-36-39-42-45-48-51-54-60(63)66-57-58(56-65-59(62)53-50-47-44-41-38-35-27-24-21-18-15-12-9-6-3)67-61(64)55-52-49-46-43-40-37-33-29-26-23-20-17-14-11-8-5-2/h7,10,16,19,24-25,27-29,31-33,58H,4-6,8-9,11-15,17-18,20-23,26,30,34-57H2,1-3H3/b10-7-,19-16-,27-24-,28-25-,32-31-,33-29-. The second-order valence-electron chi connectivity index (χ2n) is 18.8. The van der Waals surface area contributed by atoms with Crippen molar-refractivity contribution in [2.24, 2.45) is 0 Å². The van der Waals surface area contributed by atoms with Gasteiger partial charge in [0.05, 0.1) is 0 Å². The predicted octanol–water partition coefficient (Wildman–Crippen LogP) is 19.0. The molecule has 1 unspecified atom stereocenters. The summed E-state index contributed by atoms with van der Waals surface area (Å²) < 4.78 is 16.8. The average molecular weight is 936 g/mol. The number of allylic oxidation sites excluding steroid dienone is 12. The van der Waals surface area contributed by atoms with E-state index in [9.17, 15) is 14.4 Å². The SMILES string of the molecule is CC/C=C\C/C=C\C/C=C\C/C=C\CCCCCCCCC(=O)OCC(COC(=O)CCCCCCC/C=C\CCCCCCC)OC(=O)CCCCCCC/C=C\CCCCCCCCC. The van der Waals surface area contributed by atoms with Crippen molar-refractivity contribution in [3.8, 4) is 0 Å². The Bertz CT molecular complexity index is 1260. The predicted molar refractivity (Wildman–Crippen MR) is 288 cm³/mol. The summed E-state index contributed by atoms with van der Waals surface area (Å²) >= 11 is 0. The van der Waals surface area contributed by atoms with E-state index in [0.29, 0.717) is 19.3 Å². The van der Waals surface area contributed by atoms with Gasteiger partial charge in [-0.25, -0.2) is 0 Å². The maximum Gasteiger partial charge on any atom is 0.306 e. The summed E-state index contributed by atoms with van der Waals surface area (Å²) in [5, 5.41) is 0. The van der Waals surface area contributed by atoms with Gasteiger partial charge in [-0.15, -0.1) is 0 Å². The summed E-state index contributed by atoms with van der Waals surface area (Å²) in [5.74, 6) is -0.910. The lowest BCUT2D eigenvalue weighted by Gasteiger charge is -2.18. The third-order valence-corrected chi connectivity index (χ3v) is 12.2. The molecule has 0 aromatic heterocycles. The zero-order chi connectivity index (χ0) is 48.6. The van der Waals surface area contributed by atoms with Crippen LogP contribution >= 0.6 is 0 Å². The monoisotopic (exact) mass is 935 g/mol. The Labute approximate surface area is 414 Å². The molecule has 0 aromatic rings. The molecule has 0 N–H and O–H groups in total. The van der Waals surface area contributed by atoms with Gasteiger partial charge in [0.25, 0.3) is 0 Å². The van der Waals surface area contributed by atoms with Crippen molar-refractivity contribution in [1.29, 1.82) is 0 Å². The number of rotatable bonds is 51. The van der Waals surface area contributed by atoms with Gasteiger partial charge in [0.1, 0.15) is 13.2 Å². The molecule has 0 aliphatic heterocycles. The lowest BCUT2D eigenvalue weighted by Crippen LogP contribution is -2.30. The average Bonchev–Trinajstić information content (AvgIpc) is 3.33. The van der Waals surface area contributed by atoms with E-state index in [1.54, 1.807) is 0 Å². The van der Waals surface area contributed by atoms with E-state index in [1.807, 2.05) is 0 Å². The first kappa shape index (κ1) is 63.8. The van der Waals surface area contributed by atoms with Crippen molar-refractivity contribution in [1.82, 2.24) is 0 Å². The first-order chi connectivity index (χ1) is 33.0. The van der Waals surface area contributed by atoms with E-state index in [4.69, 9.17) is 14.2 Å². The van der Waals surface area contributed by atoms with Crippen molar-refractivity contribution < 1.29 is 28.6 Å². The normalized spacial score (nSPS) is 12.6. The van der Waals surface area contributed by atoms with Crippen LogP contribution < -0.4 is 0 Å². The minimum Gasteiger partial charge on any atom is -0.462 e. The highest BCUT2D eigenvalue weighted by atomic mass is 16.6. The van der Waals surface area contributed by atoms with Gasteiger partial charge in [0, 0.05) is 19.3 Å². The van der Waals surface area contributed by atoms with E-state index in [2.05, 4.69) is 93.7 Å². The molecule has 67 heavy (non-hydrogen) atoms. The van der Waals surface area contributed by atoms with Gasteiger partial charge in [-0.3, -0.25) is 14.4 Å². The molecule has 1 atom stereocenters. The molecule has 0 rings (SSSR count). The van der Waals surface area contributed by atoms with Crippen LogP contribution in [0, 0.1) is 0 Å². The maximum absolute atomic E-state index is 12.8. The lowest BCUT2D eigenvalue weighted by atomic mass is 10.1. The molecule has 6 nitrogen and oxygen atoms in total. The number of esters is 3. The number of hydrogen-bond donors (Lipinski definition) is 0. The van der Waals surface area contributed by atoms with Gasteiger partial charge in [-0.05, 0) is 109 Å². The van der Waals surface area contributed by atoms with Crippen molar-refractivity contribution in [3.05, 3.63) is 72.9 Å². The Morgan fingerprint density at radius 2 is 0.582 bits per heavy atom. The molecule has 0 spiro atoms. The lowest BCUT2D eigenvalue weighted by molar-refractivity contribution is -0.167. The molecular weight excluding hydrogens is 829 g/mol. The van der Waals surface area contributed by atoms with Crippen LogP contribution in [0.15, 0.2) is 72.9 Å². The highest BCUT2D eigenvalue weighted by molar-refractivity contribution is 5.71. The second kappa shape index (κ2) is 55.4. The maximum atomic E-state index is 12.8. The Morgan fingerprint density at radius 1 is 0.313 bits per heavy atom. The van der Waals surface area contributed by atoms with Gasteiger partial charge >= 0.3 is 17.9 Å². The summed E-state index contributed by atoms with van der Waals surface area (Å²) in [4.78, 5) is 38.1. The molecule has 386 valence electrons. The van der Waals surface area contributed by atoms with Crippen LogP contribution in [-0.2, 0) is 28.6 Å². The topological polar surface area (TPSA) is 78.9 Å². The van der Waals surface area contributed by atoms with Crippen LogP contribution in [0.3, 0.4) is 0 Å². The second-order valence-corrected chi connectivity index (χ2v) is 18.8. The van der Waals surface area contributed by atoms with Crippen LogP contribution in [-0.4, -0.2) is 37.2 Å². The van der Waals surface area contributed by atoms with Crippen LogP contribution in [0.1, 0.15) is 278 Å². The summed E-state index contributed by atoms with van der Waals surface area (Å²) in [6, 6.07) is 0. The molecule has 0 bridgehead atoms. The highest BCUT2D eigenvalue weighted by Crippen LogP contribution is 2.15. The number of hydrogen-bond acceptors (Lipinski definition) is 6. The van der Waals surface area contributed by atoms with Crippen molar-refractivity contribution in [2.45, 2.75) is 284 Å². The third-order valence-electron chi connectivity index (χ3n) is 12.2. The fourth-order valence-electron chi connectivity index (χ4n) is 7.89. The third kappa shape index (κ3) is 53.7. The quantitative estimate of drug-likeness (QED) is 0.0262. The molecule has 0 radical (unpaired) electrons. The van der Waals surface area contributed by atoms with Crippen LogP contribution in [0.25, 0.3) is 0 Å². The Morgan fingerprint density at radius 3 is 0.925 bits per heavy atom. The largest absolute Gasteiger partial charge is 0.462 e. The zero-order valence-corrected chi connectivity index (χ0v) is 44.2. The summed E-state index contributed by atoms with van der Waals surface area (Å²) in [6.07, 6.45) is 70.3. The fraction of sp³-hybridized carbons (Fsp3) is 0.754. The van der Waals surface area contributed by atoms with E-state index in [-0.39, 0.29) is 31.1 Å². The van der Waals surface area contributed by atoms with E-state index in [1.165, 1.54) is 128 Å². The molecule has 0 aromatic carbocycles. The zero-order valence-electron chi connectivity index (χ0n) is 44.2. The summed E-state index contributed by atoms with van der Waals surface area (Å²) in [6.45, 7) is 6.50. The van der Waals surface area contributed by atoms with Crippen molar-refractivity contribution in [3.63, 3.8) is 0 Å². The number of carbonyl (C=O) groups excluding carboxylic acids is 3. The Kier molecular flexibility index (Phi) is 52.8. The highest BCUT2D eigenvalue weighted by Gasteiger charge is 2.19. The summed E-state index contributed by atoms with van der Waals surface area (Å²) in [5.41, 5.74) is 0. The number of unbranched alkanes of at least 4 members (excludes halogenated alkanes) is 28. The Balaban J connectivity index is 4.42.